The number of benzene rings is 2. The van der Waals surface area contributed by atoms with Crippen molar-refractivity contribution in [2.75, 3.05) is 10.2 Å². The van der Waals surface area contributed by atoms with Crippen molar-refractivity contribution in [2.24, 2.45) is 0 Å². The van der Waals surface area contributed by atoms with Gasteiger partial charge in [0, 0.05) is 18.1 Å². The Kier molecular flexibility index (Phi) is 4.71. The van der Waals surface area contributed by atoms with Gasteiger partial charge in [0.25, 0.3) is 5.91 Å². The number of aromatic nitrogens is 3. The van der Waals surface area contributed by atoms with Crippen molar-refractivity contribution < 1.29 is 9.59 Å². The van der Waals surface area contributed by atoms with Crippen LogP contribution in [0.4, 0.5) is 11.6 Å². The molecule has 0 fully saturated rings. The zero-order chi connectivity index (χ0) is 21.4. The molecule has 0 aliphatic carbocycles. The fourth-order valence-corrected chi connectivity index (χ4v) is 4.01. The van der Waals surface area contributed by atoms with Crippen LogP contribution in [0.25, 0.3) is 11.0 Å². The molecule has 2 amide bonds. The Bertz CT molecular complexity index is 1280. The van der Waals surface area contributed by atoms with Gasteiger partial charge in [-0.25, -0.2) is 4.98 Å². The molecule has 2 aromatic heterocycles. The van der Waals surface area contributed by atoms with Gasteiger partial charge < -0.3 is 5.32 Å². The summed E-state index contributed by atoms with van der Waals surface area (Å²) in [4.78, 5) is 36.7. The molecule has 0 saturated carbocycles. The highest BCUT2D eigenvalue weighted by Crippen LogP contribution is 2.37. The number of rotatable bonds is 5. The molecule has 1 aliphatic heterocycles. The molecule has 7 nitrogen and oxygen atoms in total. The lowest BCUT2D eigenvalue weighted by molar-refractivity contribution is -0.124. The number of hydrogen-bond donors (Lipinski definition) is 1. The number of imidazole rings is 1. The first-order chi connectivity index (χ1) is 15.1. The smallest absolute Gasteiger partial charge is 0.253 e. The molecule has 5 rings (SSSR count). The number of nitrogens with zero attached hydrogens (tertiary/aromatic N) is 4. The highest BCUT2D eigenvalue weighted by molar-refractivity contribution is 6.05. The van der Waals surface area contributed by atoms with E-state index in [1.807, 2.05) is 72.2 Å². The monoisotopic (exact) mass is 411 g/mol. The number of amides is 2. The van der Waals surface area contributed by atoms with Crippen LogP contribution in [0.5, 0.6) is 0 Å². The Morgan fingerprint density at radius 3 is 2.68 bits per heavy atom. The van der Waals surface area contributed by atoms with Crippen LogP contribution >= 0.6 is 0 Å². The number of nitrogens with one attached hydrogen (secondary N) is 1. The Balaban J connectivity index is 1.48. The van der Waals surface area contributed by atoms with Crippen LogP contribution in [0.2, 0.25) is 0 Å². The van der Waals surface area contributed by atoms with Gasteiger partial charge >= 0.3 is 0 Å². The quantitative estimate of drug-likeness (QED) is 0.541. The predicted octanol–water partition coefficient (Wildman–Crippen LogP) is 3.86. The van der Waals surface area contributed by atoms with E-state index in [9.17, 15) is 9.59 Å². The predicted molar refractivity (Wildman–Crippen MR) is 119 cm³/mol. The lowest BCUT2D eigenvalue weighted by Crippen LogP contribution is -2.31. The van der Waals surface area contributed by atoms with Crippen molar-refractivity contribution in [3.8, 4) is 0 Å². The Morgan fingerprint density at radius 2 is 1.87 bits per heavy atom. The van der Waals surface area contributed by atoms with Crippen molar-refractivity contribution in [3.05, 3.63) is 84.2 Å². The highest BCUT2D eigenvalue weighted by Gasteiger charge is 2.40. The summed E-state index contributed by atoms with van der Waals surface area (Å²) in [5.74, 6) is 0.209. The summed E-state index contributed by atoms with van der Waals surface area (Å²) >= 11 is 0. The zero-order valence-electron chi connectivity index (χ0n) is 17.0. The summed E-state index contributed by atoms with van der Waals surface area (Å²) in [6.07, 6.45) is 3.46. The minimum absolute atomic E-state index is 0.0318. The molecule has 0 bridgehead atoms. The third kappa shape index (κ3) is 3.44. The fourth-order valence-electron chi connectivity index (χ4n) is 4.01. The third-order valence-electron chi connectivity index (χ3n) is 5.54. The van der Waals surface area contributed by atoms with E-state index in [-0.39, 0.29) is 18.2 Å². The van der Waals surface area contributed by atoms with Crippen LogP contribution < -0.4 is 10.2 Å². The highest BCUT2D eigenvalue weighted by atomic mass is 16.2. The lowest BCUT2D eigenvalue weighted by atomic mass is 10.1. The zero-order valence-corrected chi connectivity index (χ0v) is 17.0. The molecule has 31 heavy (non-hydrogen) atoms. The maximum absolute atomic E-state index is 13.4. The molecule has 4 aromatic rings. The van der Waals surface area contributed by atoms with Gasteiger partial charge in [-0.05, 0) is 42.3 Å². The van der Waals surface area contributed by atoms with Crippen LogP contribution in [0.3, 0.4) is 0 Å². The van der Waals surface area contributed by atoms with E-state index >= 15 is 0 Å². The molecule has 1 atom stereocenters. The van der Waals surface area contributed by atoms with Crippen LogP contribution in [-0.4, -0.2) is 26.3 Å². The average Bonchev–Trinajstić information content (AvgIpc) is 3.27. The maximum atomic E-state index is 13.4. The second kappa shape index (κ2) is 7.68. The number of fused-ring (bicyclic) bond motifs is 3. The summed E-state index contributed by atoms with van der Waals surface area (Å²) in [7, 11) is 0. The van der Waals surface area contributed by atoms with E-state index in [0.29, 0.717) is 12.5 Å². The van der Waals surface area contributed by atoms with E-state index < -0.39 is 6.04 Å². The lowest BCUT2D eigenvalue weighted by Gasteiger charge is -2.16. The number of anilines is 2. The SMILES string of the molecule is Cc1ccccc1NC(=O)CC1C(=O)N(Cc2cccnc2)c2nc3ccccc3n21. The fraction of sp³-hybridized carbons (Fsp3) is 0.167. The topological polar surface area (TPSA) is 80.1 Å². The molecule has 3 heterocycles. The summed E-state index contributed by atoms with van der Waals surface area (Å²) in [6.45, 7) is 2.29. The summed E-state index contributed by atoms with van der Waals surface area (Å²) in [5, 5.41) is 2.94. The largest absolute Gasteiger partial charge is 0.326 e. The Hall–Kier alpha value is -4.00. The van der Waals surface area contributed by atoms with Gasteiger partial charge in [-0.3, -0.25) is 24.0 Å². The van der Waals surface area contributed by atoms with Crippen molar-refractivity contribution >= 4 is 34.5 Å². The second-order valence-electron chi connectivity index (χ2n) is 7.64. The first kappa shape index (κ1) is 19.0. The summed E-state index contributed by atoms with van der Waals surface area (Å²) in [5.41, 5.74) is 4.26. The number of hydrogen-bond acceptors (Lipinski definition) is 4. The minimum atomic E-state index is -0.650. The summed E-state index contributed by atoms with van der Waals surface area (Å²) in [6, 6.07) is 18.4. The van der Waals surface area contributed by atoms with E-state index in [4.69, 9.17) is 4.98 Å². The van der Waals surface area contributed by atoms with Crippen LogP contribution in [0.15, 0.2) is 73.1 Å². The molecule has 1 N–H and O–H groups in total. The van der Waals surface area contributed by atoms with Crippen molar-refractivity contribution in [1.29, 1.82) is 0 Å². The molecule has 0 saturated heterocycles. The van der Waals surface area contributed by atoms with Gasteiger partial charge in [0.1, 0.15) is 6.04 Å². The number of carbonyl (C=O) groups is 2. The first-order valence-corrected chi connectivity index (χ1v) is 10.1. The molecule has 7 heteroatoms. The molecule has 154 valence electrons. The molecular formula is C24H21N5O2. The molecule has 1 unspecified atom stereocenters. The standard InChI is InChI=1S/C24H21N5O2/c1-16-7-2-3-9-18(16)26-22(30)13-21-23(31)28(15-17-8-6-12-25-14-17)24-27-19-10-4-5-11-20(19)29(21)24/h2-12,14,21H,13,15H2,1H3,(H,26,30). The Labute approximate surface area is 179 Å². The average molecular weight is 411 g/mol. The number of aryl methyl sites for hydroxylation is 1. The molecule has 2 aromatic carbocycles. The van der Waals surface area contributed by atoms with Gasteiger partial charge in [0.05, 0.1) is 24.0 Å². The van der Waals surface area contributed by atoms with Gasteiger partial charge in [-0.1, -0.05) is 36.4 Å². The van der Waals surface area contributed by atoms with Gasteiger partial charge in [0.2, 0.25) is 11.9 Å². The van der Waals surface area contributed by atoms with Crippen molar-refractivity contribution in [2.45, 2.75) is 25.9 Å². The summed E-state index contributed by atoms with van der Waals surface area (Å²) < 4.78 is 1.88. The second-order valence-corrected chi connectivity index (χ2v) is 7.64. The third-order valence-corrected chi connectivity index (χ3v) is 5.54. The molecular weight excluding hydrogens is 390 g/mol. The number of pyridine rings is 1. The van der Waals surface area contributed by atoms with E-state index in [0.717, 1.165) is 27.8 Å². The number of para-hydroxylation sites is 3. The molecule has 0 radical (unpaired) electrons. The van der Waals surface area contributed by atoms with Gasteiger partial charge in [-0.2, -0.15) is 0 Å². The van der Waals surface area contributed by atoms with Crippen molar-refractivity contribution in [3.63, 3.8) is 0 Å². The number of carbonyl (C=O) groups excluding carboxylic acids is 2. The van der Waals surface area contributed by atoms with E-state index in [1.165, 1.54) is 0 Å². The van der Waals surface area contributed by atoms with Crippen LogP contribution in [0.1, 0.15) is 23.6 Å². The normalized spacial score (nSPS) is 15.3. The molecule has 1 aliphatic rings. The Morgan fingerprint density at radius 1 is 1.06 bits per heavy atom. The van der Waals surface area contributed by atoms with E-state index in [2.05, 4.69) is 10.3 Å². The van der Waals surface area contributed by atoms with Gasteiger partial charge in [0.15, 0.2) is 0 Å². The molecule has 0 spiro atoms. The minimum Gasteiger partial charge on any atom is -0.326 e. The van der Waals surface area contributed by atoms with Crippen molar-refractivity contribution in [1.82, 2.24) is 14.5 Å². The van der Waals surface area contributed by atoms with E-state index in [1.54, 1.807) is 17.3 Å². The van der Waals surface area contributed by atoms with Gasteiger partial charge in [-0.15, -0.1) is 0 Å². The first-order valence-electron chi connectivity index (χ1n) is 10.1. The maximum Gasteiger partial charge on any atom is 0.253 e. The van der Waals surface area contributed by atoms with Crippen LogP contribution in [0, 0.1) is 6.92 Å². The van der Waals surface area contributed by atoms with Crippen LogP contribution in [-0.2, 0) is 16.1 Å².